The van der Waals surface area contributed by atoms with Gasteiger partial charge in [-0.2, -0.15) is 4.31 Å². The van der Waals surface area contributed by atoms with Gasteiger partial charge in [-0.1, -0.05) is 31.0 Å². The Bertz CT molecular complexity index is 1350. The Kier molecular flexibility index (Phi) is 6.01. The van der Waals surface area contributed by atoms with Crippen molar-refractivity contribution in [1.82, 2.24) is 9.29 Å². The van der Waals surface area contributed by atoms with Crippen molar-refractivity contribution in [3.63, 3.8) is 0 Å². The van der Waals surface area contributed by atoms with Crippen LogP contribution in [0.15, 0.2) is 69.3 Å². The molecule has 0 aliphatic carbocycles. The van der Waals surface area contributed by atoms with Gasteiger partial charge in [-0.25, -0.2) is 13.4 Å². The zero-order valence-electron chi connectivity index (χ0n) is 17.9. The molecular formula is C24H23N3O4S2. The van der Waals surface area contributed by atoms with Gasteiger partial charge in [-0.15, -0.1) is 11.3 Å². The summed E-state index contributed by atoms with van der Waals surface area (Å²) in [6.07, 6.45) is 3.87. The van der Waals surface area contributed by atoms with Crippen LogP contribution < -0.4 is 5.32 Å². The maximum atomic E-state index is 12.9. The SMILES string of the molecule is O=C(Nc1nc(-c2cc3ccccc3o2)cs1)c1ccc(S(=O)(=O)N2CCCCCC2)cc1. The molecule has 1 saturated heterocycles. The van der Waals surface area contributed by atoms with E-state index in [1.807, 2.05) is 35.7 Å². The third-order valence-corrected chi connectivity index (χ3v) is 8.39. The molecule has 9 heteroatoms. The topological polar surface area (TPSA) is 92.5 Å². The van der Waals surface area contributed by atoms with Crippen molar-refractivity contribution in [2.24, 2.45) is 0 Å². The molecule has 2 aromatic carbocycles. The predicted molar refractivity (Wildman–Crippen MR) is 129 cm³/mol. The van der Waals surface area contributed by atoms with Crippen LogP contribution in [0.3, 0.4) is 0 Å². The van der Waals surface area contributed by atoms with Crippen LogP contribution in [0, 0.1) is 0 Å². The summed E-state index contributed by atoms with van der Waals surface area (Å²) in [7, 11) is -3.54. The van der Waals surface area contributed by atoms with Crippen LogP contribution in [0.1, 0.15) is 36.0 Å². The number of anilines is 1. The summed E-state index contributed by atoms with van der Waals surface area (Å²) in [4.78, 5) is 17.3. The number of thiazole rings is 1. The number of sulfonamides is 1. The maximum absolute atomic E-state index is 12.9. The quantitative estimate of drug-likeness (QED) is 0.413. The summed E-state index contributed by atoms with van der Waals surface area (Å²) in [6.45, 7) is 1.09. The largest absolute Gasteiger partial charge is 0.454 e. The molecule has 7 nitrogen and oxygen atoms in total. The van der Waals surface area contributed by atoms with Gasteiger partial charge < -0.3 is 4.42 Å². The van der Waals surface area contributed by atoms with Gasteiger partial charge >= 0.3 is 0 Å². The van der Waals surface area contributed by atoms with Crippen molar-refractivity contribution in [3.8, 4) is 11.5 Å². The molecule has 4 aromatic rings. The number of para-hydroxylation sites is 1. The van der Waals surface area contributed by atoms with Gasteiger partial charge in [0.1, 0.15) is 11.3 Å². The van der Waals surface area contributed by atoms with Gasteiger partial charge in [-0.05, 0) is 49.2 Å². The molecule has 33 heavy (non-hydrogen) atoms. The summed E-state index contributed by atoms with van der Waals surface area (Å²) in [6, 6.07) is 15.7. The molecule has 3 heterocycles. The van der Waals surface area contributed by atoms with Crippen LogP contribution in [0.5, 0.6) is 0 Å². The fraction of sp³-hybridized carbons (Fsp3) is 0.250. The highest BCUT2D eigenvalue weighted by atomic mass is 32.2. The summed E-state index contributed by atoms with van der Waals surface area (Å²) < 4.78 is 33.2. The first-order valence-corrected chi connectivity index (χ1v) is 13.2. The monoisotopic (exact) mass is 481 g/mol. The first-order chi connectivity index (χ1) is 16.0. The Labute approximate surface area is 196 Å². The highest BCUT2D eigenvalue weighted by molar-refractivity contribution is 7.89. The van der Waals surface area contributed by atoms with Crippen LogP contribution in [-0.2, 0) is 10.0 Å². The minimum Gasteiger partial charge on any atom is -0.454 e. The Hall–Kier alpha value is -3.01. The standard InChI is InChI=1S/C24H23N3O4S2/c28-23(17-9-11-19(12-10-17)33(29,30)27-13-5-1-2-6-14-27)26-24-25-20(16-32-24)22-15-18-7-3-4-8-21(18)31-22/h3-4,7-12,15-16H,1-2,5-6,13-14H2,(H,25,26,28). The third kappa shape index (κ3) is 4.57. The molecular weight excluding hydrogens is 458 g/mol. The third-order valence-electron chi connectivity index (χ3n) is 5.72. The van der Waals surface area contributed by atoms with E-state index in [1.165, 1.54) is 35.6 Å². The number of carbonyl (C=O) groups excluding carboxylic acids is 1. The first-order valence-electron chi connectivity index (χ1n) is 10.9. The molecule has 5 rings (SSSR count). The lowest BCUT2D eigenvalue weighted by Crippen LogP contribution is -2.31. The molecule has 170 valence electrons. The number of aromatic nitrogens is 1. The number of benzene rings is 2. The number of nitrogens with one attached hydrogen (secondary N) is 1. The van der Waals surface area contributed by atoms with E-state index in [4.69, 9.17) is 4.42 Å². The number of furan rings is 1. The Balaban J connectivity index is 1.28. The number of fused-ring (bicyclic) bond motifs is 1. The van der Waals surface area contributed by atoms with Gasteiger partial charge in [0.2, 0.25) is 10.0 Å². The summed E-state index contributed by atoms with van der Waals surface area (Å²) in [5.41, 5.74) is 1.79. The summed E-state index contributed by atoms with van der Waals surface area (Å²) in [5.74, 6) is 0.287. The minimum atomic E-state index is -3.54. The lowest BCUT2D eigenvalue weighted by atomic mass is 10.2. The molecule has 1 fully saturated rings. The van der Waals surface area contributed by atoms with Gasteiger partial charge in [0, 0.05) is 29.4 Å². The van der Waals surface area contributed by atoms with Crippen molar-refractivity contribution in [2.75, 3.05) is 18.4 Å². The molecule has 0 unspecified atom stereocenters. The van der Waals surface area contributed by atoms with Crippen LogP contribution >= 0.6 is 11.3 Å². The second-order valence-corrected chi connectivity index (χ2v) is 10.8. The maximum Gasteiger partial charge on any atom is 0.257 e. The summed E-state index contributed by atoms with van der Waals surface area (Å²) in [5, 5.41) is 6.03. The molecule has 2 aromatic heterocycles. The Morgan fingerprint density at radius 1 is 1.00 bits per heavy atom. The average Bonchev–Trinajstić information content (AvgIpc) is 3.37. The second kappa shape index (κ2) is 9.09. The molecule has 0 saturated carbocycles. The highest BCUT2D eigenvalue weighted by Gasteiger charge is 2.25. The molecule has 1 N–H and O–H groups in total. The molecule has 1 aliphatic heterocycles. The minimum absolute atomic E-state index is 0.211. The number of carbonyl (C=O) groups is 1. The average molecular weight is 482 g/mol. The normalized spacial score (nSPS) is 15.4. The van der Waals surface area contributed by atoms with E-state index in [1.54, 1.807) is 4.31 Å². The van der Waals surface area contributed by atoms with Crippen LogP contribution in [-0.4, -0.2) is 36.7 Å². The fourth-order valence-electron chi connectivity index (χ4n) is 3.93. The Morgan fingerprint density at radius 2 is 1.73 bits per heavy atom. The number of amides is 1. The van der Waals surface area contributed by atoms with E-state index >= 15 is 0 Å². The molecule has 0 spiro atoms. The van der Waals surface area contributed by atoms with E-state index in [2.05, 4.69) is 10.3 Å². The van der Waals surface area contributed by atoms with E-state index in [9.17, 15) is 13.2 Å². The number of nitrogens with zero attached hydrogens (tertiary/aromatic N) is 2. The molecule has 0 radical (unpaired) electrons. The van der Waals surface area contributed by atoms with Crippen LogP contribution in [0.2, 0.25) is 0 Å². The fourth-order valence-corrected chi connectivity index (χ4v) is 6.14. The van der Waals surface area contributed by atoms with Crippen LogP contribution in [0.4, 0.5) is 5.13 Å². The summed E-state index contributed by atoms with van der Waals surface area (Å²) >= 11 is 1.30. The van der Waals surface area contributed by atoms with Gasteiger partial charge in [0.25, 0.3) is 5.91 Å². The van der Waals surface area contributed by atoms with Crippen LogP contribution in [0.25, 0.3) is 22.4 Å². The van der Waals surface area contributed by atoms with Gasteiger partial charge in [0.15, 0.2) is 10.9 Å². The number of hydrogen-bond donors (Lipinski definition) is 1. The zero-order chi connectivity index (χ0) is 22.8. The second-order valence-electron chi connectivity index (χ2n) is 7.98. The molecule has 0 bridgehead atoms. The Morgan fingerprint density at radius 3 is 2.45 bits per heavy atom. The van der Waals surface area contributed by atoms with Crippen molar-refractivity contribution >= 4 is 43.4 Å². The van der Waals surface area contributed by atoms with E-state index in [-0.39, 0.29) is 10.8 Å². The molecule has 1 aliphatic rings. The van der Waals surface area contributed by atoms with Crippen molar-refractivity contribution in [3.05, 3.63) is 65.5 Å². The van der Waals surface area contributed by atoms with E-state index < -0.39 is 10.0 Å². The number of rotatable bonds is 5. The van der Waals surface area contributed by atoms with Gasteiger partial charge in [0.05, 0.1) is 4.90 Å². The number of hydrogen-bond acceptors (Lipinski definition) is 6. The van der Waals surface area contributed by atoms with Crippen molar-refractivity contribution < 1.29 is 17.6 Å². The lowest BCUT2D eigenvalue weighted by molar-refractivity contribution is 0.102. The predicted octanol–water partition coefficient (Wildman–Crippen LogP) is 5.37. The van der Waals surface area contributed by atoms with Crippen molar-refractivity contribution in [1.29, 1.82) is 0 Å². The highest BCUT2D eigenvalue weighted by Crippen LogP contribution is 2.30. The van der Waals surface area contributed by atoms with E-state index in [0.717, 1.165) is 36.7 Å². The zero-order valence-corrected chi connectivity index (χ0v) is 19.5. The van der Waals surface area contributed by atoms with E-state index in [0.29, 0.717) is 35.2 Å². The van der Waals surface area contributed by atoms with Crippen molar-refractivity contribution in [2.45, 2.75) is 30.6 Å². The van der Waals surface area contributed by atoms with Gasteiger partial charge in [-0.3, -0.25) is 10.1 Å². The first kappa shape index (κ1) is 21.8. The molecule has 0 atom stereocenters. The molecule has 1 amide bonds. The lowest BCUT2D eigenvalue weighted by Gasteiger charge is -2.20. The smallest absolute Gasteiger partial charge is 0.257 e.